The van der Waals surface area contributed by atoms with Gasteiger partial charge in [-0.2, -0.15) is 5.10 Å². The van der Waals surface area contributed by atoms with Crippen LogP contribution in [0.2, 0.25) is 0 Å². The molecule has 2 aromatic heterocycles. The highest BCUT2D eigenvalue weighted by molar-refractivity contribution is 5.74. The van der Waals surface area contributed by atoms with Gasteiger partial charge in [-0.3, -0.25) is 4.79 Å². The Balaban J connectivity index is 2.32. The zero-order valence-electron chi connectivity index (χ0n) is 10.9. The van der Waals surface area contributed by atoms with Gasteiger partial charge in [0.1, 0.15) is 0 Å². The zero-order chi connectivity index (χ0) is 14.3. The molecule has 7 heteroatoms. The summed E-state index contributed by atoms with van der Waals surface area (Å²) in [7, 11) is 0. The number of aryl methyl sites for hydroxylation is 1. The monoisotopic (exact) mass is 269 g/mol. The second-order valence-electron chi connectivity index (χ2n) is 4.43. The minimum absolute atomic E-state index is 0.124. The van der Waals surface area contributed by atoms with Crippen molar-refractivity contribution in [3.8, 4) is 5.82 Å². The van der Waals surface area contributed by atoms with Gasteiger partial charge < -0.3 is 4.98 Å². The van der Waals surface area contributed by atoms with E-state index in [0.29, 0.717) is 22.4 Å². The molecule has 0 saturated carbocycles. The molecule has 20 heavy (non-hydrogen) atoms. The molecule has 0 aliphatic rings. The molecule has 7 nitrogen and oxygen atoms in total. The van der Waals surface area contributed by atoms with Crippen LogP contribution in [0.1, 0.15) is 11.4 Å². The van der Waals surface area contributed by atoms with Crippen LogP contribution in [0.25, 0.3) is 16.9 Å². The Morgan fingerprint density at radius 3 is 2.70 bits per heavy atom. The summed E-state index contributed by atoms with van der Waals surface area (Å²) in [4.78, 5) is 29.9. The van der Waals surface area contributed by atoms with Crippen molar-refractivity contribution in [1.29, 1.82) is 0 Å². The molecule has 0 saturated heterocycles. The third-order valence-electron chi connectivity index (χ3n) is 3.13. The van der Waals surface area contributed by atoms with Crippen LogP contribution < -0.4 is 5.56 Å². The van der Waals surface area contributed by atoms with E-state index in [1.807, 2.05) is 12.1 Å². The Bertz CT molecular complexity index is 878. The summed E-state index contributed by atoms with van der Waals surface area (Å²) in [6, 6.07) is 7.21. The van der Waals surface area contributed by atoms with Crippen molar-refractivity contribution in [3.63, 3.8) is 0 Å². The number of para-hydroxylation sites is 2. The van der Waals surface area contributed by atoms with Crippen LogP contribution in [-0.2, 0) is 0 Å². The van der Waals surface area contributed by atoms with Crippen molar-refractivity contribution in [2.45, 2.75) is 13.8 Å². The summed E-state index contributed by atoms with van der Waals surface area (Å²) in [6.07, 6.45) is 0. The summed E-state index contributed by atoms with van der Waals surface area (Å²) in [5.41, 5.74) is 2.12. The average Bonchev–Trinajstić information content (AvgIpc) is 2.72. The number of H-pyrrole nitrogens is 1. The van der Waals surface area contributed by atoms with E-state index in [9.17, 15) is 9.70 Å². The fraction of sp³-hybridized carbons (Fsp3) is 0.154. The first kappa shape index (κ1) is 12.2. The molecule has 0 atom stereocenters. The maximum atomic E-state index is 12.1. The third-order valence-corrected chi connectivity index (χ3v) is 3.13. The maximum Gasteiger partial charge on any atom is 0.293 e. The van der Waals surface area contributed by atoms with E-state index in [2.05, 4.69) is 20.2 Å². The van der Waals surface area contributed by atoms with Crippen LogP contribution >= 0.6 is 0 Å². The van der Waals surface area contributed by atoms with Gasteiger partial charge in [0, 0.05) is 0 Å². The van der Waals surface area contributed by atoms with E-state index in [1.54, 1.807) is 26.0 Å². The van der Waals surface area contributed by atoms with Crippen molar-refractivity contribution in [1.82, 2.24) is 19.7 Å². The predicted molar refractivity (Wildman–Crippen MR) is 74.4 cm³/mol. The summed E-state index contributed by atoms with van der Waals surface area (Å²) >= 11 is 0. The number of hydrogen-bond donors (Lipinski definition) is 1. The molecule has 0 spiro atoms. The lowest BCUT2D eigenvalue weighted by atomic mass is 10.3. The van der Waals surface area contributed by atoms with E-state index in [0.717, 1.165) is 0 Å². The maximum absolute atomic E-state index is 12.1. The highest BCUT2D eigenvalue weighted by atomic mass is 16.3. The molecule has 0 aliphatic carbocycles. The largest absolute Gasteiger partial charge is 0.317 e. The number of benzene rings is 1. The topological polar surface area (TPSA) is 93.0 Å². The Hall–Kier alpha value is -2.83. The Kier molecular flexibility index (Phi) is 2.67. The molecular weight excluding hydrogens is 258 g/mol. The van der Waals surface area contributed by atoms with Crippen LogP contribution in [0.15, 0.2) is 34.2 Å². The Labute approximate surface area is 113 Å². The number of aromatic nitrogens is 4. The smallest absolute Gasteiger partial charge is 0.293 e. The first-order valence-corrected chi connectivity index (χ1v) is 6.01. The number of nitrogens with zero attached hydrogens (tertiary/aromatic N) is 4. The summed E-state index contributed by atoms with van der Waals surface area (Å²) in [6.45, 7) is 3.34. The molecule has 1 aromatic carbocycles. The first-order valence-electron chi connectivity index (χ1n) is 6.01. The second kappa shape index (κ2) is 4.37. The van der Waals surface area contributed by atoms with Crippen molar-refractivity contribution < 1.29 is 0 Å². The summed E-state index contributed by atoms with van der Waals surface area (Å²) in [5.74, 6) is 0.124. The van der Waals surface area contributed by atoms with E-state index in [-0.39, 0.29) is 17.1 Å². The van der Waals surface area contributed by atoms with E-state index >= 15 is 0 Å². The standard InChI is InChI=1S/C13H11N5O2/c1-7-11(17-20)8(2)18(16-7)12-13(19)15-10-6-4-3-5-9(10)14-12/h3-6H,1-2H3,(H,15,19). The minimum Gasteiger partial charge on any atom is -0.317 e. The fourth-order valence-corrected chi connectivity index (χ4v) is 2.14. The molecule has 0 amide bonds. The van der Waals surface area contributed by atoms with Gasteiger partial charge in [-0.15, -0.1) is 4.91 Å². The quantitative estimate of drug-likeness (QED) is 0.721. The highest BCUT2D eigenvalue weighted by Crippen LogP contribution is 2.23. The van der Waals surface area contributed by atoms with Gasteiger partial charge in [-0.1, -0.05) is 12.1 Å². The average molecular weight is 269 g/mol. The molecule has 3 rings (SSSR count). The Morgan fingerprint density at radius 1 is 1.25 bits per heavy atom. The van der Waals surface area contributed by atoms with Crippen LogP contribution in [0, 0.1) is 18.8 Å². The number of nitroso groups, excluding NO2 is 1. The normalized spacial score (nSPS) is 10.9. The van der Waals surface area contributed by atoms with Crippen LogP contribution in [-0.4, -0.2) is 19.7 Å². The number of aromatic amines is 1. The van der Waals surface area contributed by atoms with Crippen LogP contribution in [0.4, 0.5) is 5.69 Å². The molecule has 2 heterocycles. The van der Waals surface area contributed by atoms with Crippen LogP contribution in [0.5, 0.6) is 0 Å². The van der Waals surface area contributed by atoms with E-state index in [4.69, 9.17) is 0 Å². The minimum atomic E-state index is -0.369. The van der Waals surface area contributed by atoms with Crippen molar-refractivity contribution >= 4 is 16.7 Å². The van der Waals surface area contributed by atoms with Gasteiger partial charge >= 0.3 is 0 Å². The van der Waals surface area contributed by atoms with Gasteiger partial charge in [0.05, 0.1) is 22.4 Å². The molecule has 0 aliphatic heterocycles. The lowest BCUT2D eigenvalue weighted by molar-refractivity contribution is 0.796. The number of rotatable bonds is 2. The zero-order valence-corrected chi connectivity index (χ0v) is 10.9. The van der Waals surface area contributed by atoms with E-state index < -0.39 is 0 Å². The van der Waals surface area contributed by atoms with Gasteiger partial charge in [0.25, 0.3) is 5.56 Å². The summed E-state index contributed by atoms with van der Waals surface area (Å²) in [5, 5.41) is 7.09. The molecule has 0 unspecified atom stereocenters. The molecule has 0 radical (unpaired) electrons. The Morgan fingerprint density at radius 2 is 2.00 bits per heavy atom. The van der Waals surface area contributed by atoms with Gasteiger partial charge in [-0.25, -0.2) is 9.67 Å². The molecular formula is C13H11N5O2. The first-order chi connectivity index (χ1) is 9.61. The second-order valence-corrected chi connectivity index (χ2v) is 4.43. The molecule has 0 fully saturated rings. The van der Waals surface area contributed by atoms with Crippen molar-refractivity contribution in [3.05, 3.63) is 50.9 Å². The number of nitrogens with one attached hydrogen (secondary N) is 1. The van der Waals surface area contributed by atoms with Gasteiger partial charge in [-0.05, 0) is 31.2 Å². The third kappa shape index (κ3) is 1.71. The highest BCUT2D eigenvalue weighted by Gasteiger charge is 2.16. The number of hydrogen-bond acceptors (Lipinski definition) is 5. The predicted octanol–water partition coefficient (Wildman–Crippen LogP) is 2.12. The van der Waals surface area contributed by atoms with Crippen molar-refractivity contribution in [2.75, 3.05) is 0 Å². The molecule has 0 bridgehead atoms. The molecule has 1 N–H and O–H groups in total. The molecule has 3 aromatic rings. The number of fused-ring (bicyclic) bond motifs is 1. The van der Waals surface area contributed by atoms with E-state index in [1.165, 1.54) is 4.68 Å². The lowest BCUT2D eigenvalue weighted by Gasteiger charge is -2.04. The van der Waals surface area contributed by atoms with Crippen LogP contribution in [0.3, 0.4) is 0 Å². The lowest BCUT2D eigenvalue weighted by Crippen LogP contribution is -2.18. The summed E-state index contributed by atoms with van der Waals surface area (Å²) < 4.78 is 1.34. The van der Waals surface area contributed by atoms with Gasteiger partial charge in [0.15, 0.2) is 5.69 Å². The van der Waals surface area contributed by atoms with Crippen molar-refractivity contribution in [2.24, 2.45) is 5.18 Å². The SMILES string of the molecule is Cc1nn(-c2nc3ccccc3[nH]c2=O)c(C)c1N=O. The van der Waals surface area contributed by atoms with Gasteiger partial charge in [0.2, 0.25) is 5.82 Å². The molecule has 100 valence electrons. The fourth-order valence-electron chi connectivity index (χ4n) is 2.14.